The summed E-state index contributed by atoms with van der Waals surface area (Å²) in [6.45, 7) is 1.77. The van der Waals surface area contributed by atoms with E-state index in [0.717, 1.165) is 5.56 Å². The SMILES string of the molecule is Cc1cccc(N)c1C(=O)Nc1cccc(S(N)(=O)=O)c1. The van der Waals surface area contributed by atoms with Crippen LogP contribution in [-0.4, -0.2) is 14.3 Å². The van der Waals surface area contributed by atoms with Gasteiger partial charge in [0.15, 0.2) is 0 Å². The molecule has 1 amide bonds. The highest BCUT2D eigenvalue weighted by atomic mass is 32.2. The lowest BCUT2D eigenvalue weighted by Crippen LogP contribution is -2.17. The number of nitrogens with one attached hydrogen (secondary N) is 1. The van der Waals surface area contributed by atoms with Crippen molar-refractivity contribution < 1.29 is 13.2 Å². The zero-order chi connectivity index (χ0) is 15.6. The van der Waals surface area contributed by atoms with Gasteiger partial charge < -0.3 is 11.1 Å². The van der Waals surface area contributed by atoms with Gasteiger partial charge in [-0.3, -0.25) is 4.79 Å². The Morgan fingerprint density at radius 3 is 2.43 bits per heavy atom. The molecular weight excluding hydrogens is 290 g/mol. The summed E-state index contributed by atoms with van der Waals surface area (Å²) in [5.41, 5.74) is 7.57. The van der Waals surface area contributed by atoms with Crippen LogP contribution in [0, 0.1) is 6.92 Å². The second-order valence-electron chi connectivity index (χ2n) is 4.57. The number of aryl methyl sites for hydroxylation is 1. The van der Waals surface area contributed by atoms with E-state index < -0.39 is 15.9 Å². The Labute approximate surface area is 122 Å². The van der Waals surface area contributed by atoms with Crippen LogP contribution in [0.5, 0.6) is 0 Å². The van der Waals surface area contributed by atoms with Crippen LogP contribution in [0.1, 0.15) is 15.9 Å². The lowest BCUT2D eigenvalue weighted by atomic mass is 10.1. The van der Waals surface area contributed by atoms with Crippen molar-refractivity contribution in [2.45, 2.75) is 11.8 Å². The lowest BCUT2D eigenvalue weighted by Gasteiger charge is -2.10. The van der Waals surface area contributed by atoms with Gasteiger partial charge in [-0.1, -0.05) is 18.2 Å². The predicted octanol–water partition coefficient (Wildman–Crippen LogP) is 1.48. The summed E-state index contributed by atoms with van der Waals surface area (Å²) >= 11 is 0. The largest absolute Gasteiger partial charge is 0.398 e. The van der Waals surface area contributed by atoms with E-state index >= 15 is 0 Å². The van der Waals surface area contributed by atoms with Gasteiger partial charge in [0.25, 0.3) is 5.91 Å². The number of nitrogen functional groups attached to an aromatic ring is 1. The highest BCUT2D eigenvalue weighted by Crippen LogP contribution is 2.19. The summed E-state index contributed by atoms with van der Waals surface area (Å²) < 4.78 is 22.6. The van der Waals surface area contributed by atoms with Crippen LogP contribution in [-0.2, 0) is 10.0 Å². The third kappa shape index (κ3) is 3.39. The van der Waals surface area contributed by atoms with Gasteiger partial charge in [0.1, 0.15) is 0 Å². The first-order valence-corrected chi connectivity index (χ1v) is 7.63. The second-order valence-corrected chi connectivity index (χ2v) is 6.13. The number of benzene rings is 2. The van der Waals surface area contributed by atoms with Gasteiger partial charge in [-0.05, 0) is 36.8 Å². The molecule has 2 rings (SSSR count). The van der Waals surface area contributed by atoms with Crippen LogP contribution >= 0.6 is 0 Å². The molecule has 2 aromatic carbocycles. The second kappa shape index (κ2) is 5.55. The van der Waals surface area contributed by atoms with E-state index in [2.05, 4.69) is 5.32 Å². The average Bonchev–Trinajstić information content (AvgIpc) is 2.37. The fourth-order valence-electron chi connectivity index (χ4n) is 1.95. The molecule has 0 spiro atoms. The van der Waals surface area contributed by atoms with Crippen molar-refractivity contribution in [3.05, 3.63) is 53.6 Å². The minimum atomic E-state index is -3.82. The minimum Gasteiger partial charge on any atom is -0.398 e. The van der Waals surface area contributed by atoms with Crippen molar-refractivity contribution in [2.24, 2.45) is 5.14 Å². The van der Waals surface area contributed by atoms with E-state index in [9.17, 15) is 13.2 Å². The molecule has 5 N–H and O–H groups in total. The monoisotopic (exact) mass is 305 g/mol. The molecule has 0 heterocycles. The molecular formula is C14H15N3O3S. The quantitative estimate of drug-likeness (QED) is 0.745. The summed E-state index contributed by atoms with van der Waals surface area (Å²) in [6.07, 6.45) is 0. The number of nitrogens with two attached hydrogens (primary N) is 2. The van der Waals surface area contributed by atoms with E-state index in [1.54, 1.807) is 31.2 Å². The van der Waals surface area contributed by atoms with Crippen LogP contribution in [0.25, 0.3) is 0 Å². The fraction of sp³-hybridized carbons (Fsp3) is 0.0714. The highest BCUT2D eigenvalue weighted by molar-refractivity contribution is 7.89. The third-order valence-corrected chi connectivity index (χ3v) is 3.86. The number of anilines is 2. The Morgan fingerprint density at radius 1 is 1.14 bits per heavy atom. The number of hydrogen-bond donors (Lipinski definition) is 3. The summed E-state index contributed by atoms with van der Waals surface area (Å²) in [6, 6.07) is 10.9. The Hall–Kier alpha value is -2.38. The molecule has 0 fully saturated rings. The van der Waals surface area contributed by atoms with Crippen LogP contribution in [0.2, 0.25) is 0 Å². The first-order valence-electron chi connectivity index (χ1n) is 6.08. The molecule has 0 unspecified atom stereocenters. The fourth-order valence-corrected chi connectivity index (χ4v) is 2.50. The van der Waals surface area contributed by atoms with Crippen molar-refractivity contribution in [3.63, 3.8) is 0 Å². The predicted molar refractivity (Wildman–Crippen MR) is 81.4 cm³/mol. The number of amides is 1. The van der Waals surface area contributed by atoms with Crippen molar-refractivity contribution in [3.8, 4) is 0 Å². The zero-order valence-corrected chi connectivity index (χ0v) is 12.1. The minimum absolute atomic E-state index is 0.0712. The normalized spacial score (nSPS) is 11.1. The maximum Gasteiger partial charge on any atom is 0.258 e. The summed E-state index contributed by atoms with van der Waals surface area (Å²) in [7, 11) is -3.82. The van der Waals surface area contributed by atoms with Crippen molar-refractivity contribution in [1.82, 2.24) is 0 Å². The number of rotatable bonds is 3. The first-order chi connectivity index (χ1) is 9.79. The lowest BCUT2D eigenvalue weighted by molar-refractivity contribution is 0.102. The Morgan fingerprint density at radius 2 is 1.81 bits per heavy atom. The highest BCUT2D eigenvalue weighted by Gasteiger charge is 2.14. The van der Waals surface area contributed by atoms with Crippen molar-refractivity contribution in [2.75, 3.05) is 11.1 Å². The van der Waals surface area contributed by atoms with E-state index in [1.807, 2.05) is 0 Å². The van der Waals surface area contributed by atoms with Crippen LogP contribution in [0.15, 0.2) is 47.4 Å². The Balaban J connectivity index is 2.33. The van der Waals surface area contributed by atoms with Crippen molar-refractivity contribution in [1.29, 1.82) is 0 Å². The van der Waals surface area contributed by atoms with Gasteiger partial charge in [-0.15, -0.1) is 0 Å². The Bertz CT molecular complexity index is 781. The smallest absolute Gasteiger partial charge is 0.258 e. The molecule has 6 nitrogen and oxygen atoms in total. The molecule has 2 aromatic rings. The van der Waals surface area contributed by atoms with E-state index in [-0.39, 0.29) is 4.90 Å². The number of sulfonamides is 1. The number of carbonyl (C=O) groups is 1. The molecule has 7 heteroatoms. The standard InChI is InChI=1S/C14H15N3O3S/c1-9-4-2-7-12(15)13(9)14(18)17-10-5-3-6-11(8-10)21(16,19)20/h2-8H,15H2,1H3,(H,17,18)(H2,16,19,20). The van der Waals surface area contributed by atoms with E-state index in [4.69, 9.17) is 10.9 Å². The van der Waals surface area contributed by atoms with Crippen LogP contribution < -0.4 is 16.2 Å². The number of carbonyl (C=O) groups excluding carboxylic acids is 1. The average molecular weight is 305 g/mol. The molecule has 110 valence electrons. The summed E-state index contributed by atoms with van der Waals surface area (Å²) in [5.74, 6) is -0.405. The molecule has 0 radical (unpaired) electrons. The topological polar surface area (TPSA) is 115 Å². The molecule has 0 aliphatic carbocycles. The van der Waals surface area contributed by atoms with E-state index in [1.165, 1.54) is 18.2 Å². The molecule has 0 aromatic heterocycles. The number of hydrogen-bond acceptors (Lipinski definition) is 4. The van der Waals surface area contributed by atoms with Crippen LogP contribution in [0.4, 0.5) is 11.4 Å². The van der Waals surface area contributed by atoms with Crippen molar-refractivity contribution >= 4 is 27.3 Å². The first kappa shape index (κ1) is 15.0. The Kier molecular flexibility index (Phi) is 3.97. The molecule has 21 heavy (non-hydrogen) atoms. The molecule has 0 aliphatic rings. The molecule has 0 aliphatic heterocycles. The molecule has 0 bridgehead atoms. The zero-order valence-electron chi connectivity index (χ0n) is 11.3. The van der Waals surface area contributed by atoms with Gasteiger partial charge in [-0.2, -0.15) is 0 Å². The van der Waals surface area contributed by atoms with Gasteiger partial charge in [0, 0.05) is 11.4 Å². The van der Waals surface area contributed by atoms with E-state index in [0.29, 0.717) is 16.9 Å². The van der Waals surface area contributed by atoms with Gasteiger partial charge >= 0.3 is 0 Å². The molecule has 0 atom stereocenters. The van der Waals surface area contributed by atoms with Gasteiger partial charge in [0.2, 0.25) is 10.0 Å². The summed E-state index contributed by atoms with van der Waals surface area (Å²) in [4.78, 5) is 12.2. The van der Waals surface area contributed by atoms with Gasteiger partial charge in [0.05, 0.1) is 10.5 Å². The summed E-state index contributed by atoms with van der Waals surface area (Å²) in [5, 5.41) is 7.67. The maximum atomic E-state index is 12.2. The molecule has 0 saturated carbocycles. The third-order valence-electron chi connectivity index (χ3n) is 2.95. The van der Waals surface area contributed by atoms with Crippen LogP contribution in [0.3, 0.4) is 0 Å². The molecule has 0 saturated heterocycles. The maximum absolute atomic E-state index is 12.2. The number of primary sulfonamides is 1. The van der Waals surface area contributed by atoms with Gasteiger partial charge in [-0.25, -0.2) is 13.6 Å².